The second-order valence-electron chi connectivity index (χ2n) is 3.81. The molecule has 0 aliphatic rings. The Balaban J connectivity index is 2.24. The monoisotopic (exact) mass is 218 g/mol. The largest absolute Gasteiger partial charge is 0.508 e. The van der Waals surface area contributed by atoms with Crippen LogP contribution in [0.1, 0.15) is 19.9 Å². The fraction of sp³-hybridized carbons (Fsp3) is 0.250. The molecule has 4 heteroatoms. The van der Waals surface area contributed by atoms with Gasteiger partial charge in [-0.1, -0.05) is 6.07 Å². The minimum atomic E-state index is 0.181. The van der Waals surface area contributed by atoms with Crippen LogP contribution in [0.2, 0.25) is 0 Å². The lowest BCUT2D eigenvalue weighted by atomic mass is 10.3. The lowest BCUT2D eigenvalue weighted by molar-refractivity contribution is 0.392. The maximum absolute atomic E-state index is 9.31. The van der Waals surface area contributed by atoms with Crippen molar-refractivity contribution in [2.75, 3.05) is 0 Å². The third-order valence-corrected chi connectivity index (χ3v) is 2.22. The molecule has 0 aliphatic carbocycles. The van der Waals surface area contributed by atoms with Crippen LogP contribution < -0.4 is 4.74 Å². The van der Waals surface area contributed by atoms with Gasteiger partial charge in [0.05, 0.1) is 0 Å². The van der Waals surface area contributed by atoms with E-state index in [2.05, 4.69) is 18.8 Å². The number of imidazole rings is 1. The van der Waals surface area contributed by atoms with Crippen LogP contribution in [0.15, 0.2) is 36.7 Å². The van der Waals surface area contributed by atoms with Gasteiger partial charge in [-0.05, 0) is 26.0 Å². The summed E-state index contributed by atoms with van der Waals surface area (Å²) in [5.41, 5.74) is 0. The summed E-state index contributed by atoms with van der Waals surface area (Å²) in [6.45, 7) is 4.11. The number of aromatic hydroxyl groups is 1. The van der Waals surface area contributed by atoms with Crippen LogP contribution >= 0.6 is 0 Å². The maximum Gasteiger partial charge on any atom is 0.302 e. The average molecular weight is 218 g/mol. The Morgan fingerprint density at radius 1 is 1.38 bits per heavy atom. The average Bonchev–Trinajstić information content (AvgIpc) is 2.66. The molecule has 0 amide bonds. The lowest BCUT2D eigenvalue weighted by Crippen LogP contribution is -2.01. The fourth-order valence-electron chi connectivity index (χ4n) is 1.42. The van der Waals surface area contributed by atoms with Gasteiger partial charge in [-0.3, -0.25) is 4.57 Å². The Labute approximate surface area is 94.1 Å². The summed E-state index contributed by atoms with van der Waals surface area (Å²) in [5.74, 6) is 0.758. The summed E-state index contributed by atoms with van der Waals surface area (Å²) in [4.78, 5) is 4.12. The summed E-state index contributed by atoms with van der Waals surface area (Å²) in [7, 11) is 0. The Morgan fingerprint density at radius 3 is 2.88 bits per heavy atom. The molecule has 84 valence electrons. The number of rotatable bonds is 3. The quantitative estimate of drug-likeness (QED) is 0.861. The highest BCUT2D eigenvalue weighted by atomic mass is 16.5. The van der Waals surface area contributed by atoms with E-state index in [0.29, 0.717) is 11.8 Å². The van der Waals surface area contributed by atoms with Crippen molar-refractivity contribution in [1.29, 1.82) is 0 Å². The van der Waals surface area contributed by atoms with Gasteiger partial charge in [0.25, 0.3) is 0 Å². The molecule has 0 spiro atoms. The topological polar surface area (TPSA) is 47.3 Å². The van der Waals surface area contributed by atoms with Gasteiger partial charge in [0.1, 0.15) is 11.5 Å². The summed E-state index contributed by atoms with van der Waals surface area (Å²) in [6, 6.07) is 7.48. The van der Waals surface area contributed by atoms with E-state index in [1.165, 1.54) is 0 Å². The van der Waals surface area contributed by atoms with Gasteiger partial charge in [-0.25, -0.2) is 4.98 Å². The molecule has 0 atom stereocenters. The third kappa shape index (κ3) is 2.16. The molecule has 1 heterocycles. The highest BCUT2D eigenvalue weighted by Crippen LogP contribution is 2.24. The molecular weight excluding hydrogens is 204 g/mol. The summed E-state index contributed by atoms with van der Waals surface area (Å²) >= 11 is 0. The number of nitrogens with zero attached hydrogens (tertiary/aromatic N) is 2. The molecule has 2 aromatic rings. The van der Waals surface area contributed by atoms with Gasteiger partial charge in [0, 0.05) is 24.5 Å². The molecule has 0 aliphatic heterocycles. The molecule has 4 nitrogen and oxygen atoms in total. The zero-order valence-electron chi connectivity index (χ0n) is 9.29. The number of ether oxygens (including phenoxy) is 1. The summed E-state index contributed by atoms with van der Waals surface area (Å²) < 4.78 is 7.50. The normalized spacial score (nSPS) is 10.7. The van der Waals surface area contributed by atoms with Gasteiger partial charge < -0.3 is 9.84 Å². The standard InChI is InChI=1S/C12H14N2O2/c1-9(2)14-7-6-13-12(14)16-11-5-3-4-10(15)8-11/h3-9,15H,1-2H3. The Morgan fingerprint density at radius 2 is 2.19 bits per heavy atom. The molecule has 0 saturated carbocycles. The lowest BCUT2D eigenvalue weighted by Gasteiger charge is -2.11. The molecule has 0 fully saturated rings. The number of hydrogen-bond donors (Lipinski definition) is 1. The Kier molecular flexibility index (Phi) is 2.81. The van der Waals surface area contributed by atoms with Crippen LogP contribution in [0.3, 0.4) is 0 Å². The van der Waals surface area contributed by atoms with Crippen molar-refractivity contribution in [2.24, 2.45) is 0 Å². The Bertz CT molecular complexity index is 477. The molecular formula is C12H14N2O2. The first-order chi connectivity index (χ1) is 7.66. The first kappa shape index (κ1) is 10.5. The number of phenols is 1. The van der Waals surface area contributed by atoms with E-state index in [1.54, 1.807) is 30.5 Å². The molecule has 0 saturated heterocycles. The van der Waals surface area contributed by atoms with E-state index in [4.69, 9.17) is 4.74 Å². The molecule has 0 unspecified atom stereocenters. The second kappa shape index (κ2) is 4.26. The fourth-order valence-corrected chi connectivity index (χ4v) is 1.42. The van der Waals surface area contributed by atoms with Crippen molar-refractivity contribution < 1.29 is 9.84 Å². The van der Waals surface area contributed by atoms with Crippen LogP contribution in [-0.2, 0) is 0 Å². The number of phenolic OH excluding ortho intramolecular Hbond substituents is 1. The van der Waals surface area contributed by atoms with Crippen molar-refractivity contribution in [3.05, 3.63) is 36.7 Å². The molecule has 0 radical (unpaired) electrons. The van der Waals surface area contributed by atoms with Crippen LogP contribution in [0.5, 0.6) is 17.5 Å². The zero-order valence-corrected chi connectivity index (χ0v) is 9.29. The molecule has 16 heavy (non-hydrogen) atoms. The van der Waals surface area contributed by atoms with Crippen molar-refractivity contribution in [1.82, 2.24) is 9.55 Å². The van der Waals surface area contributed by atoms with E-state index in [0.717, 1.165) is 0 Å². The van der Waals surface area contributed by atoms with Crippen LogP contribution in [0, 0.1) is 0 Å². The van der Waals surface area contributed by atoms with Crippen molar-refractivity contribution in [2.45, 2.75) is 19.9 Å². The summed E-state index contributed by atoms with van der Waals surface area (Å²) in [5, 5.41) is 9.31. The first-order valence-electron chi connectivity index (χ1n) is 5.16. The molecule has 1 N–H and O–H groups in total. The Hall–Kier alpha value is -1.97. The number of hydrogen-bond acceptors (Lipinski definition) is 3. The number of aromatic nitrogens is 2. The van der Waals surface area contributed by atoms with E-state index < -0.39 is 0 Å². The van der Waals surface area contributed by atoms with E-state index in [1.807, 2.05) is 10.8 Å². The minimum Gasteiger partial charge on any atom is -0.508 e. The van der Waals surface area contributed by atoms with Gasteiger partial charge in [0.15, 0.2) is 0 Å². The highest BCUT2D eigenvalue weighted by molar-refractivity contribution is 5.33. The molecule has 1 aromatic carbocycles. The molecule has 1 aromatic heterocycles. The minimum absolute atomic E-state index is 0.181. The number of benzene rings is 1. The predicted octanol–water partition coefficient (Wildman–Crippen LogP) is 2.96. The first-order valence-corrected chi connectivity index (χ1v) is 5.16. The van der Waals surface area contributed by atoms with Crippen LogP contribution in [0.4, 0.5) is 0 Å². The van der Waals surface area contributed by atoms with Crippen molar-refractivity contribution >= 4 is 0 Å². The van der Waals surface area contributed by atoms with Crippen molar-refractivity contribution in [3.8, 4) is 17.5 Å². The van der Waals surface area contributed by atoms with Gasteiger partial charge in [-0.15, -0.1) is 0 Å². The van der Waals surface area contributed by atoms with E-state index in [-0.39, 0.29) is 11.8 Å². The van der Waals surface area contributed by atoms with Crippen LogP contribution in [-0.4, -0.2) is 14.7 Å². The van der Waals surface area contributed by atoms with Gasteiger partial charge in [0.2, 0.25) is 0 Å². The second-order valence-corrected chi connectivity index (χ2v) is 3.81. The maximum atomic E-state index is 9.31. The predicted molar refractivity (Wildman–Crippen MR) is 60.8 cm³/mol. The highest BCUT2D eigenvalue weighted by Gasteiger charge is 2.08. The van der Waals surface area contributed by atoms with Gasteiger partial charge in [-0.2, -0.15) is 0 Å². The van der Waals surface area contributed by atoms with Crippen molar-refractivity contribution in [3.63, 3.8) is 0 Å². The van der Waals surface area contributed by atoms with E-state index >= 15 is 0 Å². The summed E-state index contributed by atoms with van der Waals surface area (Å²) in [6.07, 6.45) is 3.56. The molecule has 0 bridgehead atoms. The SMILES string of the molecule is CC(C)n1ccnc1Oc1cccc(O)c1. The van der Waals surface area contributed by atoms with Crippen LogP contribution in [0.25, 0.3) is 0 Å². The van der Waals surface area contributed by atoms with Gasteiger partial charge >= 0.3 is 6.01 Å². The third-order valence-electron chi connectivity index (χ3n) is 2.22. The zero-order chi connectivity index (χ0) is 11.5. The molecule has 2 rings (SSSR count). The van der Waals surface area contributed by atoms with E-state index in [9.17, 15) is 5.11 Å². The smallest absolute Gasteiger partial charge is 0.302 e.